The fourth-order valence-corrected chi connectivity index (χ4v) is 13.7. The van der Waals surface area contributed by atoms with Gasteiger partial charge in [-0.05, 0) is 51.4 Å². The number of ether oxygens (including phenoxy) is 4. The smallest absolute Gasteiger partial charge is 0.361 e. The molecule has 2 unspecified atom stereocenters. The first kappa shape index (κ1) is 96.5. The Balaban J connectivity index is 3.90. The zero-order valence-electron chi connectivity index (χ0n) is 67.2. The largest absolute Gasteiger partial charge is 0.477 e. The molecule has 0 radical (unpaired) electrons. The molecule has 0 saturated carbocycles. The van der Waals surface area contributed by atoms with Gasteiger partial charge in [-0.3, -0.25) is 9.59 Å². The van der Waals surface area contributed by atoms with Gasteiger partial charge in [0.1, 0.15) is 13.2 Å². The zero-order valence-corrected chi connectivity index (χ0v) is 67.2. The number of quaternary nitrogens is 1. The van der Waals surface area contributed by atoms with Crippen molar-refractivity contribution in [2.24, 2.45) is 0 Å². The van der Waals surface area contributed by atoms with E-state index in [0.717, 1.165) is 51.4 Å². The molecule has 584 valence electrons. The number of esters is 2. The van der Waals surface area contributed by atoms with Crippen LogP contribution in [0.4, 0.5) is 0 Å². The van der Waals surface area contributed by atoms with Crippen LogP contribution in [0.15, 0.2) is 36.5 Å². The van der Waals surface area contributed by atoms with E-state index in [0.29, 0.717) is 17.4 Å². The van der Waals surface area contributed by atoms with E-state index >= 15 is 0 Å². The monoisotopic (exact) mass is 1400 g/mol. The summed E-state index contributed by atoms with van der Waals surface area (Å²) in [5.41, 5.74) is 0. The Hall–Kier alpha value is -2.49. The summed E-state index contributed by atoms with van der Waals surface area (Å²) in [5, 5.41) is 9.79. The molecule has 9 heteroatoms. The summed E-state index contributed by atoms with van der Waals surface area (Å²) in [5.74, 6) is -1.97. The molecule has 0 fully saturated rings. The zero-order chi connectivity index (χ0) is 71.8. The van der Waals surface area contributed by atoms with Crippen molar-refractivity contribution in [3.8, 4) is 0 Å². The van der Waals surface area contributed by atoms with Crippen molar-refractivity contribution in [3.63, 3.8) is 0 Å². The van der Waals surface area contributed by atoms with Crippen LogP contribution in [0, 0.1) is 0 Å². The Bertz CT molecular complexity index is 1720. The van der Waals surface area contributed by atoms with Gasteiger partial charge in [-0.2, -0.15) is 0 Å². The average molecular weight is 1400 g/mol. The highest BCUT2D eigenvalue weighted by atomic mass is 16.7. The SMILES string of the molecule is CCCCCCC/C=C\C/C=C\C/C=C\CCCCCCCCCCCCCCCCCCCCC(=O)OC(COC(=O)CCCCCCCCCCCCCCCCCCCCCCCCCCCCCCCCCCCCCCCCCCC)COC(OCC[N+](C)(C)C)C(=O)O. The minimum atomic E-state index is -1.51. The average Bonchev–Trinajstić information content (AvgIpc) is 1.57. The number of aliphatic carboxylic acids is 1. The van der Waals surface area contributed by atoms with Crippen LogP contribution >= 0.6 is 0 Å². The quantitative estimate of drug-likeness (QED) is 0.0211. The van der Waals surface area contributed by atoms with Gasteiger partial charge in [-0.15, -0.1) is 0 Å². The number of carbonyl (C=O) groups is 3. The summed E-state index contributed by atoms with van der Waals surface area (Å²) in [6.45, 7) is 4.95. The van der Waals surface area contributed by atoms with Gasteiger partial charge in [0, 0.05) is 12.8 Å². The van der Waals surface area contributed by atoms with Gasteiger partial charge in [0.25, 0.3) is 6.29 Å². The lowest BCUT2D eigenvalue weighted by Crippen LogP contribution is -2.40. The van der Waals surface area contributed by atoms with Crippen LogP contribution in [0.3, 0.4) is 0 Å². The Morgan fingerprint density at radius 1 is 0.303 bits per heavy atom. The second kappa shape index (κ2) is 81.2. The van der Waals surface area contributed by atoms with Crippen molar-refractivity contribution in [3.05, 3.63) is 36.5 Å². The van der Waals surface area contributed by atoms with E-state index in [9.17, 15) is 19.5 Å². The molecule has 0 spiro atoms. The lowest BCUT2D eigenvalue weighted by atomic mass is 10.0. The van der Waals surface area contributed by atoms with E-state index in [1.807, 2.05) is 21.1 Å². The van der Waals surface area contributed by atoms with Crippen LogP contribution in [-0.4, -0.2) is 87.4 Å². The topological polar surface area (TPSA) is 108 Å². The van der Waals surface area contributed by atoms with Crippen molar-refractivity contribution < 1.29 is 42.9 Å². The van der Waals surface area contributed by atoms with Crippen molar-refractivity contribution in [2.45, 2.75) is 476 Å². The van der Waals surface area contributed by atoms with Gasteiger partial charge in [-0.25, -0.2) is 4.79 Å². The van der Waals surface area contributed by atoms with Gasteiger partial charge in [0.2, 0.25) is 0 Å². The van der Waals surface area contributed by atoms with Crippen molar-refractivity contribution in [1.82, 2.24) is 0 Å². The Morgan fingerprint density at radius 3 is 0.808 bits per heavy atom. The van der Waals surface area contributed by atoms with Gasteiger partial charge in [0.05, 0.1) is 34.4 Å². The second-order valence-electron chi connectivity index (χ2n) is 31.6. The summed E-state index contributed by atoms with van der Waals surface area (Å²) in [7, 11) is 6.00. The molecule has 0 amide bonds. The van der Waals surface area contributed by atoms with E-state index in [2.05, 4.69) is 50.3 Å². The summed E-state index contributed by atoms with van der Waals surface area (Å²) in [6, 6.07) is 0. The van der Waals surface area contributed by atoms with E-state index in [1.54, 1.807) is 0 Å². The number of hydrogen-bond acceptors (Lipinski definition) is 7. The van der Waals surface area contributed by atoms with Crippen molar-refractivity contribution in [1.29, 1.82) is 0 Å². The summed E-state index contributed by atoms with van der Waals surface area (Å²) in [4.78, 5) is 37.8. The third kappa shape index (κ3) is 82.7. The number of allylic oxidation sites excluding steroid dienone is 6. The predicted octanol–water partition coefficient (Wildman–Crippen LogP) is 28.6. The fraction of sp³-hybridized carbons (Fsp3) is 0.900. The minimum Gasteiger partial charge on any atom is -0.477 e. The first-order valence-corrected chi connectivity index (χ1v) is 44.2. The van der Waals surface area contributed by atoms with Gasteiger partial charge in [0.15, 0.2) is 6.10 Å². The van der Waals surface area contributed by atoms with E-state index in [1.165, 1.54) is 385 Å². The molecule has 0 aliphatic carbocycles. The lowest BCUT2D eigenvalue weighted by Gasteiger charge is -2.25. The molecule has 99 heavy (non-hydrogen) atoms. The van der Waals surface area contributed by atoms with Crippen LogP contribution in [0.1, 0.15) is 463 Å². The molecule has 1 N–H and O–H groups in total. The number of hydrogen-bond donors (Lipinski definition) is 1. The van der Waals surface area contributed by atoms with Crippen LogP contribution in [0.2, 0.25) is 0 Å². The molecular formula is C90H172NO8+. The molecule has 2 atom stereocenters. The minimum absolute atomic E-state index is 0.175. The Kier molecular flexibility index (Phi) is 79.1. The molecule has 0 aromatic heterocycles. The molecule has 0 rings (SSSR count). The summed E-state index contributed by atoms with van der Waals surface area (Å²) in [6.07, 6.45) is 103. The molecule has 0 aliphatic heterocycles. The predicted molar refractivity (Wildman–Crippen MR) is 429 cm³/mol. The molecule has 0 aromatic carbocycles. The first-order valence-electron chi connectivity index (χ1n) is 44.2. The second-order valence-corrected chi connectivity index (χ2v) is 31.6. The molecule has 0 saturated heterocycles. The number of carboxylic acids is 1. The molecule has 0 aromatic rings. The van der Waals surface area contributed by atoms with Gasteiger partial charge < -0.3 is 28.5 Å². The molecular weight excluding hydrogens is 1220 g/mol. The molecule has 0 heterocycles. The molecule has 9 nitrogen and oxygen atoms in total. The number of carbonyl (C=O) groups excluding carboxylic acids is 2. The number of nitrogens with zero attached hydrogens (tertiary/aromatic N) is 1. The molecule has 0 bridgehead atoms. The third-order valence-electron chi connectivity index (χ3n) is 20.4. The lowest BCUT2D eigenvalue weighted by molar-refractivity contribution is -0.870. The van der Waals surface area contributed by atoms with Gasteiger partial charge >= 0.3 is 17.9 Å². The van der Waals surface area contributed by atoms with E-state index in [-0.39, 0.29) is 38.2 Å². The normalized spacial score (nSPS) is 12.7. The van der Waals surface area contributed by atoms with Crippen LogP contribution in [0.25, 0.3) is 0 Å². The Morgan fingerprint density at radius 2 is 0.545 bits per heavy atom. The number of carboxylic acid groups (broad SMARTS) is 1. The number of rotatable bonds is 84. The maximum absolute atomic E-state index is 13.0. The fourth-order valence-electron chi connectivity index (χ4n) is 13.7. The molecule has 0 aliphatic rings. The van der Waals surface area contributed by atoms with Crippen LogP contribution in [-0.2, 0) is 33.3 Å². The highest BCUT2D eigenvalue weighted by Crippen LogP contribution is 2.21. The maximum atomic E-state index is 13.0. The van der Waals surface area contributed by atoms with Crippen molar-refractivity contribution in [2.75, 3.05) is 47.5 Å². The van der Waals surface area contributed by atoms with Crippen LogP contribution in [0.5, 0.6) is 0 Å². The van der Waals surface area contributed by atoms with E-state index < -0.39 is 18.4 Å². The Labute approximate surface area is 617 Å². The summed E-state index contributed by atoms with van der Waals surface area (Å²) >= 11 is 0. The number of unbranched alkanes of at least 4 members (excludes halogenated alkanes) is 63. The number of likely N-dealkylation sites (N-methyl/N-ethyl adjacent to an activating group) is 1. The first-order chi connectivity index (χ1) is 48.6. The third-order valence-corrected chi connectivity index (χ3v) is 20.4. The van der Waals surface area contributed by atoms with Crippen LogP contribution < -0.4 is 0 Å². The van der Waals surface area contributed by atoms with Gasteiger partial charge in [-0.1, -0.05) is 436 Å². The van der Waals surface area contributed by atoms with Crippen molar-refractivity contribution >= 4 is 17.9 Å². The summed E-state index contributed by atoms with van der Waals surface area (Å²) < 4.78 is 23.1. The highest BCUT2D eigenvalue weighted by Gasteiger charge is 2.25. The van der Waals surface area contributed by atoms with E-state index in [4.69, 9.17) is 18.9 Å². The standard InChI is InChI=1S/C90H171NO8/c1-6-8-10-12-14-16-18-20-22-24-26-28-30-32-34-36-38-40-41-42-43-44-45-46-47-49-50-52-54-56-58-60-62-64-66-68-70-72-74-76-78-80-87(92)97-84-86(85-98-90(89(94)95)96-83-82-91(3,4)5)99-88(93)81-79-77-75-73-71-69-67-65-63-61-59-57-55-53-51-48-39-37-35-33-31-29-27-25-23-21-19-17-15-13-11-9-7-2/h19,21,25,27,31,33,86,90H,6-18,20,22-24,26,28-30,32,34-85H2,1-5H3/p+1/b21-19-,27-25-,33-31-. The maximum Gasteiger partial charge on any atom is 0.361 e. The highest BCUT2D eigenvalue weighted by molar-refractivity contribution is 5.71.